The molecule has 0 saturated heterocycles. The third-order valence-electron chi connectivity index (χ3n) is 4.83. The molecule has 142 valence electrons. The lowest BCUT2D eigenvalue weighted by Gasteiger charge is -2.26. The molecule has 6 heteroatoms. The highest BCUT2D eigenvalue weighted by atomic mass is 32.1. The second-order valence-electron chi connectivity index (χ2n) is 6.61. The molecule has 0 bridgehead atoms. The van der Waals surface area contributed by atoms with Gasteiger partial charge in [0, 0.05) is 28.7 Å². The Bertz CT molecular complexity index is 1000. The fraction of sp³-hybridized carbons (Fsp3) is 0.182. The Hall–Kier alpha value is -3.12. The van der Waals surface area contributed by atoms with Crippen LogP contribution in [0.4, 0.5) is 5.69 Å². The number of thiophene rings is 1. The van der Waals surface area contributed by atoms with Crippen LogP contribution in [-0.2, 0) is 11.3 Å². The van der Waals surface area contributed by atoms with E-state index < -0.39 is 0 Å². The van der Waals surface area contributed by atoms with Crippen molar-refractivity contribution in [1.29, 1.82) is 0 Å². The summed E-state index contributed by atoms with van der Waals surface area (Å²) in [5, 5.41) is 4.88. The Kier molecular flexibility index (Phi) is 5.12. The molecule has 0 aliphatic carbocycles. The summed E-state index contributed by atoms with van der Waals surface area (Å²) in [6.07, 6.45) is 0.192. The van der Waals surface area contributed by atoms with Gasteiger partial charge in [0.1, 0.15) is 5.75 Å². The molecule has 1 atom stereocenters. The van der Waals surface area contributed by atoms with E-state index in [9.17, 15) is 9.59 Å². The van der Waals surface area contributed by atoms with Gasteiger partial charge in [-0.1, -0.05) is 30.3 Å². The minimum absolute atomic E-state index is 0.0248. The number of carbonyl (C=O) groups is 2. The van der Waals surface area contributed by atoms with Crippen LogP contribution in [0.5, 0.6) is 5.75 Å². The van der Waals surface area contributed by atoms with E-state index in [2.05, 4.69) is 5.32 Å². The molecule has 1 aliphatic heterocycles. The van der Waals surface area contributed by atoms with Crippen LogP contribution in [-0.4, -0.2) is 23.8 Å². The van der Waals surface area contributed by atoms with Crippen molar-refractivity contribution in [2.24, 2.45) is 0 Å². The molecule has 1 aliphatic rings. The fourth-order valence-electron chi connectivity index (χ4n) is 3.46. The molecule has 1 aromatic heterocycles. The number of amides is 2. The number of hydrogen-bond donors (Lipinski definition) is 1. The van der Waals surface area contributed by atoms with Crippen molar-refractivity contribution in [2.75, 3.05) is 12.4 Å². The summed E-state index contributed by atoms with van der Waals surface area (Å²) >= 11 is 1.56. The number of fused-ring (bicyclic) bond motifs is 1. The number of carbonyl (C=O) groups excluding carboxylic acids is 2. The van der Waals surface area contributed by atoms with Gasteiger partial charge in [-0.2, -0.15) is 0 Å². The maximum Gasteiger partial charge on any atom is 0.255 e. The van der Waals surface area contributed by atoms with Gasteiger partial charge in [-0.25, -0.2) is 0 Å². The zero-order valence-electron chi connectivity index (χ0n) is 15.4. The number of benzene rings is 2. The third kappa shape index (κ3) is 3.64. The highest BCUT2D eigenvalue weighted by molar-refractivity contribution is 7.10. The predicted molar refractivity (Wildman–Crippen MR) is 110 cm³/mol. The van der Waals surface area contributed by atoms with Gasteiger partial charge in [0.05, 0.1) is 19.6 Å². The summed E-state index contributed by atoms with van der Waals surface area (Å²) < 4.78 is 5.21. The zero-order valence-corrected chi connectivity index (χ0v) is 16.2. The first kappa shape index (κ1) is 18.3. The molecule has 2 heterocycles. The summed E-state index contributed by atoms with van der Waals surface area (Å²) in [6.45, 7) is 0.518. The Morgan fingerprint density at radius 2 is 2.04 bits per heavy atom. The topological polar surface area (TPSA) is 58.6 Å². The number of methoxy groups -OCH3 is 1. The van der Waals surface area contributed by atoms with Crippen LogP contribution in [0.25, 0.3) is 0 Å². The lowest BCUT2D eigenvalue weighted by Crippen LogP contribution is -2.31. The minimum atomic E-state index is -0.300. The molecule has 2 aromatic carbocycles. The van der Waals surface area contributed by atoms with Gasteiger partial charge < -0.3 is 15.0 Å². The number of rotatable bonds is 6. The highest BCUT2D eigenvalue weighted by Gasteiger charge is 2.34. The standard InChI is InChI=1S/C22H20N2O3S/c1-27-17-8-4-7-16(12-17)23-21(25)13-19(20-10-5-11-28-20)24-14-15-6-2-3-9-18(15)22(24)26/h2-12,19H,13-14H2,1H3,(H,23,25)/t19-/m1/s1. The molecule has 5 nitrogen and oxygen atoms in total. The van der Waals surface area contributed by atoms with Crippen molar-refractivity contribution in [3.63, 3.8) is 0 Å². The van der Waals surface area contributed by atoms with Crippen molar-refractivity contribution in [1.82, 2.24) is 4.90 Å². The first-order valence-corrected chi connectivity index (χ1v) is 9.90. The Morgan fingerprint density at radius 1 is 1.18 bits per heavy atom. The third-order valence-corrected chi connectivity index (χ3v) is 5.80. The van der Waals surface area contributed by atoms with E-state index in [4.69, 9.17) is 4.74 Å². The van der Waals surface area contributed by atoms with Gasteiger partial charge in [-0.15, -0.1) is 11.3 Å². The van der Waals surface area contributed by atoms with Gasteiger partial charge >= 0.3 is 0 Å². The van der Waals surface area contributed by atoms with E-state index in [-0.39, 0.29) is 24.3 Å². The van der Waals surface area contributed by atoms with Crippen molar-refractivity contribution in [3.8, 4) is 5.75 Å². The van der Waals surface area contributed by atoms with Crippen LogP contribution in [0.2, 0.25) is 0 Å². The van der Waals surface area contributed by atoms with Crippen LogP contribution < -0.4 is 10.1 Å². The molecular formula is C22H20N2O3S. The molecule has 0 spiro atoms. The quantitative estimate of drug-likeness (QED) is 0.673. The Balaban J connectivity index is 1.55. The van der Waals surface area contributed by atoms with E-state index in [1.165, 1.54) is 0 Å². The molecule has 2 amide bonds. The lowest BCUT2D eigenvalue weighted by atomic mass is 10.1. The van der Waals surface area contributed by atoms with E-state index in [0.29, 0.717) is 18.0 Å². The van der Waals surface area contributed by atoms with Gasteiger partial charge in [0.15, 0.2) is 0 Å². The number of nitrogens with one attached hydrogen (secondary N) is 1. The molecule has 3 aromatic rings. The number of ether oxygens (including phenoxy) is 1. The number of anilines is 1. The molecular weight excluding hydrogens is 372 g/mol. The molecule has 0 saturated carbocycles. The Morgan fingerprint density at radius 3 is 2.79 bits per heavy atom. The molecule has 4 rings (SSSR count). The average Bonchev–Trinajstić information content (AvgIpc) is 3.35. The molecule has 0 unspecified atom stereocenters. The smallest absolute Gasteiger partial charge is 0.255 e. The summed E-state index contributed by atoms with van der Waals surface area (Å²) in [4.78, 5) is 28.5. The normalized spacial score (nSPS) is 13.9. The molecule has 0 radical (unpaired) electrons. The van der Waals surface area contributed by atoms with Crippen LogP contribution in [0.1, 0.15) is 33.3 Å². The maximum absolute atomic E-state index is 12.9. The maximum atomic E-state index is 12.9. The van der Waals surface area contributed by atoms with Crippen molar-refractivity contribution >= 4 is 28.8 Å². The van der Waals surface area contributed by atoms with E-state index in [0.717, 1.165) is 16.0 Å². The second-order valence-corrected chi connectivity index (χ2v) is 7.58. The van der Waals surface area contributed by atoms with Gasteiger partial charge in [-0.05, 0) is 35.2 Å². The molecule has 28 heavy (non-hydrogen) atoms. The first-order chi connectivity index (χ1) is 13.7. The van der Waals surface area contributed by atoms with Crippen molar-refractivity contribution < 1.29 is 14.3 Å². The van der Waals surface area contributed by atoms with Crippen molar-refractivity contribution in [2.45, 2.75) is 19.0 Å². The van der Waals surface area contributed by atoms with Crippen molar-refractivity contribution in [3.05, 3.63) is 82.0 Å². The SMILES string of the molecule is COc1cccc(NC(=O)C[C@H](c2cccs2)N2Cc3ccccc3C2=O)c1. The fourth-order valence-corrected chi connectivity index (χ4v) is 4.30. The second kappa shape index (κ2) is 7.86. The van der Waals surface area contributed by atoms with Gasteiger partial charge in [0.2, 0.25) is 5.91 Å². The van der Waals surface area contributed by atoms with E-state index >= 15 is 0 Å². The van der Waals surface area contributed by atoms with Gasteiger partial charge in [-0.3, -0.25) is 9.59 Å². The first-order valence-electron chi connectivity index (χ1n) is 9.02. The number of hydrogen-bond acceptors (Lipinski definition) is 4. The molecule has 0 fully saturated rings. The summed E-state index contributed by atoms with van der Waals surface area (Å²) in [6, 6.07) is 18.5. The monoisotopic (exact) mass is 392 g/mol. The minimum Gasteiger partial charge on any atom is -0.497 e. The zero-order chi connectivity index (χ0) is 19.5. The van der Waals surface area contributed by atoms with Crippen LogP contribution >= 0.6 is 11.3 Å². The van der Waals surface area contributed by atoms with Crippen LogP contribution in [0.15, 0.2) is 66.0 Å². The number of nitrogens with zero attached hydrogens (tertiary/aromatic N) is 1. The van der Waals surface area contributed by atoms with Gasteiger partial charge in [0.25, 0.3) is 5.91 Å². The highest BCUT2D eigenvalue weighted by Crippen LogP contribution is 2.35. The predicted octanol–water partition coefficient (Wildman–Crippen LogP) is 4.48. The van der Waals surface area contributed by atoms with Crippen LogP contribution in [0, 0.1) is 0 Å². The molecule has 1 N–H and O–H groups in total. The summed E-state index contributed by atoms with van der Waals surface area (Å²) in [5.41, 5.74) is 2.39. The lowest BCUT2D eigenvalue weighted by molar-refractivity contribution is -0.117. The summed E-state index contributed by atoms with van der Waals surface area (Å²) in [5.74, 6) is 0.511. The van der Waals surface area contributed by atoms with Crippen LogP contribution in [0.3, 0.4) is 0 Å². The largest absolute Gasteiger partial charge is 0.497 e. The average molecular weight is 392 g/mol. The Labute approximate surface area is 167 Å². The van der Waals surface area contributed by atoms with E-state index in [1.807, 2.05) is 60.0 Å². The summed E-state index contributed by atoms with van der Waals surface area (Å²) in [7, 11) is 1.59. The van der Waals surface area contributed by atoms with E-state index in [1.54, 1.807) is 29.4 Å².